The van der Waals surface area contributed by atoms with Gasteiger partial charge in [0.25, 0.3) is 5.91 Å². The molecule has 1 aromatic rings. The van der Waals surface area contributed by atoms with Crippen molar-refractivity contribution in [2.45, 2.75) is 24.8 Å². The quantitative estimate of drug-likeness (QED) is 0.739. The molecule has 2 heterocycles. The first-order chi connectivity index (χ1) is 12.8. The van der Waals surface area contributed by atoms with Gasteiger partial charge in [-0.25, -0.2) is 8.42 Å². The number of rotatable bonds is 3. The second-order valence-corrected chi connectivity index (χ2v) is 8.75. The molecule has 9 heteroatoms. The van der Waals surface area contributed by atoms with Crippen molar-refractivity contribution in [2.24, 2.45) is 0 Å². The van der Waals surface area contributed by atoms with Crippen molar-refractivity contribution in [1.82, 2.24) is 14.1 Å². The van der Waals surface area contributed by atoms with Gasteiger partial charge in [0.2, 0.25) is 15.9 Å². The number of benzene rings is 1. The molecule has 1 aromatic carbocycles. The highest BCUT2D eigenvalue weighted by atomic mass is 32.2. The molecule has 0 saturated carbocycles. The number of piperazine rings is 1. The molecule has 0 aliphatic carbocycles. The zero-order valence-electron chi connectivity index (χ0n) is 15.6. The molecular weight excluding hydrogens is 370 g/mol. The van der Waals surface area contributed by atoms with Crippen LogP contribution in [0.2, 0.25) is 0 Å². The van der Waals surface area contributed by atoms with Crippen molar-refractivity contribution in [3.05, 3.63) is 29.8 Å². The molecule has 2 fully saturated rings. The zero-order valence-corrected chi connectivity index (χ0v) is 16.4. The fourth-order valence-electron chi connectivity index (χ4n) is 3.38. The Labute approximate surface area is 159 Å². The van der Waals surface area contributed by atoms with E-state index in [2.05, 4.69) is 0 Å². The van der Waals surface area contributed by atoms with Gasteiger partial charge in [0.15, 0.2) is 0 Å². The largest absolute Gasteiger partial charge is 0.378 e. The minimum Gasteiger partial charge on any atom is -0.378 e. The van der Waals surface area contributed by atoms with Gasteiger partial charge in [0, 0.05) is 51.3 Å². The Morgan fingerprint density at radius 3 is 2.15 bits per heavy atom. The SMILES string of the molecule is CC(=O)N1CCN(C(=O)c2ccc(S(=O)(=O)N3CCOCC3C)cc2)CC1. The van der Waals surface area contributed by atoms with E-state index in [0.29, 0.717) is 51.5 Å². The highest BCUT2D eigenvalue weighted by molar-refractivity contribution is 7.89. The molecule has 2 aliphatic rings. The van der Waals surface area contributed by atoms with Crippen LogP contribution in [0, 0.1) is 0 Å². The van der Waals surface area contributed by atoms with Crippen molar-refractivity contribution in [2.75, 3.05) is 45.9 Å². The molecule has 8 nitrogen and oxygen atoms in total. The lowest BCUT2D eigenvalue weighted by atomic mass is 10.2. The van der Waals surface area contributed by atoms with Gasteiger partial charge in [-0.3, -0.25) is 9.59 Å². The maximum absolute atomic E-state index is 12.8. The second kappa shape index (κ2) is 7.95. The second-order valence-electron chi connectivity index (χ2n) is 6.86. The van der Waals surface area contributed by atoms with Crippen LogP contribution in [0.25, 0.3) is 0 Å². The molecule has 0 spiro atoms. The van der Waals surface area contributed by atoms with Gasteiger partial charge < -0.3 is 14.5 Å². The number of sulfonamides is 1. The Morgan fingerprint density at radius 2 is 1.59 bits per heavy atom. The first kappa shape index (κ1) is 19.8. The van der Waals surface area contributed by atoms with Gasteiger partial charge in [-0.15, -0.1) is 0 Å². The molecule has 1 unspecified atom stereocenters. The van der Waals surface area contributed by atoms with Crippen molar-refractivity contribution in [3.63, 3.8) is 0 Å². The Kier molecular flexibility index (Phi) is 5.83. The number of morpholine rings is 1. The van der Waals surface area contributed by atoms with Crippen molar-refractivity contribution < 1.29 is 22.7 Å². The van der Waals surface area contributed by atoms with E-state index in [4.69, 9.17) is 4.74 Å². The molecule has 2 amide bonds. The predicted octanol–water partition coefficient (Wildman–Crippen LogP) is 0.400. The Morgan fingerprint density at radius 1 is 1.00 bits per heavy atom. The van der Waals surface area contributed by atoms with E-state index in [9.17, 15) is 18.0 Å². The Hall–Kier alpha value is -1.97. The lowest BCUT2D eigenvalue weighted by Crippen LogP contribution is -2.50. The predicted molar refractivity (Wildman–Crippen MR) is 98.8 cm³/mol. The molecular formula is C18H25N3O5S. The van der Waals surface area contributed by atoms with Gasteiger partial charge in [0.05, 0.1) is 18.1 Å². The molecule has 0 bridgehead atoms. The normalized spacial score (nSPS) is 21.9. The third-order valence-electron chi connectivity index (χ3n) is 5.03. The lowest BCUT2D eigenvalue weighted by molar-refractivity contribution is -0.130. The molecule has 0 aromatic heterocycles. The molecule has 2 aliphatic heterocycles. The smallest absolute Gasteiger partial charge is 0.253 e. The summed E-state index contributed by atoms with van der Waals surface area (Å²) in [5.41, 5.74) is 0.445. The van der Waals surface area contributed by atoms with Gasteiger partial charge in [-0.05, 0) is 31.2 Å². The summed E-state index contributed by atoms with van der Waals surface area (Å²) < 4.78 is 32.4. The highest BCUT2D eigenvalue weighted by Crippen LogP contribution is 2.21. The fourth-order valence-corrected chi connectivity index (χ4v) is 4.98. The van der Waals surface area contributed by atoms with E-state index >= 15 is 0 Å². The minimum absolute atomic E-state index is 0.00833. The number of amides is 2. The minimum atomic E-state index is -3.61. The average molecular weight is 395 g/mol. The topological polar surface area (TPSA) is 87.2 Å². The Bertz CT molecular complexity index is 801. The van der Waals surface area contributed by atoms with Gasteiger partial charge in [-0.1, -0.05) is 0 Å². The fraction of sp³-hybridized carbons (Fsp3) is 0.556. The molecule has 0 N–H and O–H groups in total. The standard InChI is InChI=1S/C18H25N3O5S/c1-14-13-26-12-11-21(14)27(24,25)17-5-3-16(4-6-17)18(23)20-9-7-19(8-10-20)15(2)22/h3-6,14H,7-13H2,1-2H3. The van der Waals surface area contributed by atoms with E-state index in [1.165, 1.54) is 23.4 Å². The maximum atomic E-state index is 12.8. The van der Waals surface area contributed by atoms with Crippen LogP contribution in [-0.4, -0.2) is 86.3 Å². The van der Waals surface area contributed by atoms with Crippen LogP contribution in [-0.2, 0) is 19.6 Å². The number of nitrogens with zero attached hydrogens (tertiary/aromatic N) is 3. The number of hydrogen-bond acceptors (Lipinski definition) is 5. The number of carbonyl (C=O) groups is 2. The Balaban J connectivity index is 1.70. The van der Waals surface area contributed by atoms with Crippen molar-refractivity contribution >= 4 is 21.8 Å². The number of hydrogen-bond donors (Lipinski definition) is 0. The van der Waals surface area contributed by atoms with Crippen molar-refractivity contribution in [1.29, 1.82) is 0 Å². The van der Waals surface area contributed by atoms with Gasteiger partial charge in [-0.2, -0.15) is 4.31 Å². The molecule has 1 atom stereocenters. The third kappa shape index (κ3) is 4.15. The van der Waals surface area contributed by atoms with E-state index in [1.54, 1.807) is 21.9 Å². The summed E-state index contributed by atoms with van der Waals surface area (Å²) in [7, 11) is -3.61. The molecule has 3 rings (SSSR count). The van der Waals surface area contributed by atoms with E-state index in [0.717, 1.165) is 0 Å². The van der Waals surface area contributed by atoms with Crippen LogP contribution >= 0.6 is 0 Å². The van der Waals surface area contributed by atoms with E-state index in [1.807, 2.05) is 6.92 Å². The summed E-state index contributed by atoms with van der Waals surface area (Å²) in [4.78, 5) is 27.6. The lowest BCUT2D eigenvalue weighted by Gasteiger charge is -2.34. The van der Waals surface area contributed by atoms with Crippen LogP contribution in [0.1, 0.15) is 24.2 Å². The third-order valence-corrected chi connectivity index (χ3v) is 7.05. The number of ether oxygens (including phenoxy) is 1. The molecule has 27 heavy (non-hydrogen) atoms. The summed E-state index contributed by atoms with van der Waals surface area (Å²) in [6, 6.07) is 5.85. The summed E-state index contributed by atoms with van der Waals surface area (Å²) in [6.45, 7) is 6.40. The van der Waals surface area contributed by atoms with Gasteiger partial charge in [0.1, 0.15) is 0 Å². The average Bonchev–Trinajstić information content (AvgIpc) is 2.68. The highest BCUT2D eigenvalue weighted by Gasteiger charge is 2.31. The first-order valence-electron chi connectivity index (χ1n) is 9.05. The summed E-state index contributed by atoms with van der Waals surface area (Å²) in [5.74, 6) is -0.143. The molecule has 2 saturated heterocycles. The maximum Gasteiger partial charge on any atom is 0.253 e. The van der Waals surface area contributed by atoms with Crippen LogP contribution in [0.5, 0.6) is 0 Å². The van der Waals surface area contributed by atoms with Crippen molar-refractivity contribution in [3.8, 4) is 0 Å². The van der Waals surface area contributed by atoms with Crippen LogP contribution in [0.3, 0.4) is 0 Å². The zero-order chi connectivity index (χ0) is 19.6. The number of carbonyl (C=O) groups excluding carboxylic acids is 2. The molecule has 148 valence electrons. The summed E-state index contributed by atoms with van der Waals surface area (Å²) in [6.07, 6.45) is 0. The van der Waals surface area contributed by atoms with Crippen LogP contribution in [0.4, 0.5) is 0 Å². The summed E-state index contributed by atoms with van der Waals surface area (Å²) >= 11 is 0. The first-order valence-corrected chi connectivity index (χ1v) is 10.5. The monoisotopic (exact) mass is 395 g/mol. The van der Waals surface area contributed by atoms with E-state index < -0.39 is 10.0 Å². The summed E-state index contributed by atoms with van der Waals surface area (Å²) in [5, 5.41) is 0. The van der Waals surface area contributed by atoms with Crippen LogP contribution < -0.4 is 0 Å². The van der Waals surface area contributed by atoms with Gasteiger partial charge >= 0.3 is 0 Å². The molecule has 0 radical (unpaired) electrons. The van der Waals surface area contributed by atoms with Crippen LogP contribution in [0.15, 0.2) is 29.2 Å². The van der Waals surface area contributed by atoms with E-state index in [-0.39, 0.29) is 22.8 Å².